The first-order valence-electron chi connectivity index (χ1n) is 9.69. The van der Waals surface area contributed by atoms with E-state index in [0.29, 0.717) is 30.0 Å². The van der Waals surface area contributed by atoms with Crippen LogP contribution in [0.25, 0.3) is 33.3 Å². The topological polar surface area (TPSA) is 61.4 Å². The molecule has 0 saturated carbocycles. The number of benzene rings is 2. The minimum atomic E-state index is -1.01. The lowest BCUT2D eigenvalue weighted by Gasteiger charge is -2.29. The predicted octanol–water partition coefficient (Wildman–Crippen LogP) is 4.72. The van der Waals surface area contributed by atoms with Crippen molar-refractivity contribution in [2.45, 2.75) is 0 Å². The molecule has 0 amide bonds. The quantitative estimate of drug-likeness (QED) is 0.516. The molecule has 2 aromatic heterocycles. The molecule has 1 aliphatic heterocycles. The van der Waals surface area contributed by atoms with Gasteiger partial charge in [-0.05, 0) is 41.5 Å². The summed E-state index contributed by atoms with van der Waals surface area (Å²) in [6.07, 6.45) is 3.38. The van der Waals surface area contributed by atoms with Gasteiger partial charge >= 0.3 is 0 Å². The van der Waals surface area contributed by atoms with Crippen LogP contribution in [0.15, 0.2) is 54.9 Å². The third kappa shape index (κ3) is 3.17. The minimum absolute atomic E-state index is 0.311. The molecule has 4 aromatic rings. The van der Waals surface area contributed by atoms with Crippen molar-refractivity contribution in [1.29, 1.82) is 0 Å². The van der Waals surface area contributed by atoms with Crippen LogP contribution in [0.3, 0.4) is 0 Å². The fourth-order valence-electron chi connectivity index (χ4n) is 3.92. The van der Waals surface area contributed by atoms with Gasteiger partial charge in [0.1, 0.15) is 5.65 Å². The Morgan fingerprint density at radius 1 is 0.967 bits per heavy atom. The Morgan fingerprint density at radius 2 is 1.67 bits per heavy atom. The fourth-order valence-corrected chi connectivity index (χ4v) is 3.92. The van der Waals surface area contributed by atoms with E-state index in [1.54, 1.807) is 12.4 Å². The molecule has 7 heteroatoms. The zero-order valence-electron chi connectivity index (χ0n) is 16.0. The lowest BCUT2D eigenvalue weighted by molar-refractivity contribution is 0.122. The van der Waals surface area contributed by atoms with Gasteiger partial charge in [0.2, 0.25) is 0 Å². The lowest BCUT2D eigenvalue weighted by atomic mass is 9.93. The van der Waals surface area contributed by atoms with E-state index in [9.17, 15) is 13.9 Å². The summed E-state index contributed by atoms with van der Waals surface area (Å²) in [6.45, 7) is 3.10. The van der Waals surface area contributed by atoms with Crippen LogP contribution in [0, 0.1) is 11.6 Å². The highest BCUT2D eigenvalue weighted by Crippen LogP contribution is 2.39. The summed E-state index contributed by atoms with van der Waals surface area (Å²) < 4.78 is 33.5. The van der Waals surface area contributed by atoms with Gasteiger partial charge in [0.25, 0.3) is 0 Å². The van der Waals surface area contributed by atoms with Gasteiger partial charge in [-0.25, -0.2) is 13.8 Å². The van der Waals surface area contributed by atoms with E-state index in [1.807, 2.05) is 30.3 Å². The number of aromatic hydroxyl groups is 1. The van der Waals surface area contributed by atoms with Crippen LogP contribution >= 0.6 is 0 Å². The van der Waals surface area contributed by atoms with Crippen LogP contribution in [0.1, 0.15) is 0 Å². The second kappa shape index (κ2) is 7.42. The third-order valence-corrected chi connectivity index (χ3v) is 5.45. The Balaban J connectivity index is 1.65. The van der Waals surface area contributed by atoms with Crippen molar-refractivity contribution in [1.82, 2.24) is 9.97 Å². The lowest BCUT2D eigenvalue weighted by Crippen LogP contribution is -2.36. The number of aromatic nitrogens is 2. The van der Waals surface area contributed by atoms with Crippen LogP contribution in [0.2, 0.25) is 0 Å². The van der Waals surface area contributed by atoms with Gasteiger partial charge < -0.3 is 19.7 Å². The van der Waals surface area contributed by atoms with E-state index in [2.05, 4.69) is 14.9 Å². The molecule has 0 unspecified atom stereocenters. The van der Waals surface area contributed by atoms with Crippen molar-refractivity contribution in [3.63, 3.8) is 0 Å². The molecule has 5 nitrogen and oxygen atoms in total. The number of fused-ring (bicyclic) bond motifs is 1. The molecule has 2 aromatic carbocycles. The van der Waals surface area contributed by atoms with E-state index in [-0.39, 0.29) is 0 Å². The fraction of sp³-hybridized carbons (Fsp3) is 0.174. The summed E-state index contributed by atoms with van der Waals surface area (Å²) in [4.78, 5) is 9.73. The molecule has 0 radical (unpaired) electrons. The first-order valence-corrected chi connectivity index (χ1v) is 9.69. The number of aromatic amines is 1. The van der Waals surface area contributed by atoms with E-state index in [0.717, 1.165) is 47.4 Å². The smallest absolute Gasteiger partial charge is 0.187 e. The van der Waals surface area contributed by atoms with Gasteiger partial charge in [-0.15, -0.1) is 0 Å². The average molecular weight is 407 g/mol. The molecule has 1 aliphatic rings. The average Bonchev–Trinajstić information content (AvgIpc) is 3.26. The van der Waals surface area contributed by atoms with Crippen molar-refractivity contribution >= 4 is 16.7 Å². The van der Waals surface area contributed by atoms with Gasteiger partial charge in [0.15, 0.2) is 17.4 Å². The number of hydrogen-bond donors (Lipinski definition) is 2. The molecule has 0 spiro atoms. The van der Waals surface area contributed by atoms with Crippen LogP contribution in [0.5, 0.6) is 5.75 Å². The second-order valence-corrected chi connectivity index (χ2v) is 7.22. The van der Waals surface area contributed by atoms with Gasteiger partial charge in [0.05, 0.1) is 13.2 Å². The molecule has 5 rings (SSSR count). The van der Waals surface area contributed by atoms with Gasteiger partial charge in [0, 0.05) is 47.7 Å². The molecule has 152 valence electrons. The highest BCUT2D eigenvalue weighted by Gasteiger charge is 2.18. The number of phenolic OH excluding ortho intramolecular Hbond substituents is 1. The van der Waals surface area contributed by atoms with Crippen molar-refractivity contribution in [3.05, 3.63) is 66.5 Å². The van der Waals surface area contributed by atoms with Gasteiger partial charge in [-0.3, -0.25) is 0 Å². The largest absolute Gasteiger partial charge is 0.503 e. The molecule has 0 bridgehead atoms. The number of halogens is 2. The van der Waals surface area contributed by atoms with Crippen molar-refractivity contribution in [2.24, 2.45) is 0 Å². The third-order valence-electron chi connectivity index (χ3n) is 5.45. The number of anilines is 1. The summed E-state index contributed by atoms with van der Waals surface area (Å²) in [5.41, 5.74) is 4.40. The number of pyridine rings is 1. The Labute approximate surface area is 171 Å². The van der Waals surface area contributed by atoms with Gasteiger partial charge in [-0.1, -0.05) is 12.1 Å². The van der Waals surface area contributed by atoms with E-state index < -0.39 is 17.4 Å². The maximum atomic E-state index is 14.0. The molecule has 3 heterocycles. The molecule has 30 heavy (non-hydrogen) atoms. The van der Waals surface area contributed by atoms with E-state index in [4.69, 9.17) is 4.74 Å². The second-order valence-electron chi connectivity index (χ2n) is 7.22. The Bertz CT molecular complexity index is 1190. The SMILES string of the molecule is Oc1c(F)cc(-c2cnc3[nH]ccc3c2-c2ccc(N3CCOCC3)cc2)cc1F. The van der Waals surface area contributed by atoms with Gasteiger partial charge in [-0.2, -0.15) is 0 Å². The predicted molar refractivity (Wildman–Crippen MR) is 112 cm³/mol. The zero-order chi connectivity index (χ0) is 20.7. The standard InChI is InChI=1S/C23H19F2N3O2/c24-19-11-15(12-20(25)22(19)29)18-13-27-23-17(5-6-26-23)21(18)14-1-3-16(4-2-14)28-7-9-30-10-8-28/h1-6,11-13,29H,7-10H2,(H,26,27). The number of ether oxygens (including phenoxy) is 1. The normalized spacial score (nSPS) is 14.4. The highest BCUT2D eigenvalue weighted by molar-refractivity contribution is 6.01. The van der Waals surface area contributed by atoms with E-state index in [1.165, 1.54) is 0 Å². The maximum Gasteiger partial charge on any atom is 0.187 e. The summed E-state index contributed by atoms with van der Waals surface area (Å²) >= 11 is 0. The van der Waals surface area contributed by atoms with Crippen molar-refractivity contribution < 1.29 is 18.6 Å². The van der Waals surface area contributed by atoms with Crippen LogP contribution in [-0.4, -0.2) is 41.4 Å². The van der Waals surface area contributed by atoms with Crippen molar-refractivity contribution in [3.8, 4) is 28.0 Å². The molecule has 0 aliphatic carbocycles. The van der Waals surface area contributed by atoms with Crippen molar-refractivity contribution in [2.75, 3.05) is 31.2 Å². The molecule has 2 N–H and O–H groups in total. The Kier molecular flexibility index (Phi) is 4.59. The Hall–Kier alpha value is -3.45. The number of phenols is 1. The van der Waals surface area contributed by atoms with E-state index >= 15 is 0 Å². The number of morpholine rings is 1. The number of nitrogens with zero attached hydrogens (tertiary/aromatic N) is 2. The zero-order valence-corrected chi connectivity index (χ0v) is 16.0. The van der Waals surface area contributed by atoms with Crippen LogP contribution < -0.4 is 4.90 Å². The van der Waals surface area contributed by atoms with Crippen LogP contribution in [0.4, 0.5) is 14.5 Å². The molecule has 1 fully saturated rings. The monoisotopic (exact) mass is 407 g/mol. The summed E-state index contributed by atoms with van der Waals surface area (Å²) in [7, 11) is 0. The molecule has 1 saturated heterocycles. The number of H-pyrrole nitrogens is 1. The summed E-state index contributed by atoms with van der Waals surface area (Å²) in [5.74, 6) is -2.99. The Morgan fingerprint density at radius 3 is 2.37 bits per heavy atom. The number of hydrogen-bond acceptors (Lipinski definition) is 4. The molecule has 0 atom stereocenters. The summed E-state index contributed by atoms with van der Waals surface area (Å²) in [5, 5.41) is 10.3. The van der Waals surface area contributed by atoms with Crippen LogP contribution in [-0.2, 0) is 4.74 Å². The molecular weight excluding hydrogens is 388 g/mol. The maximum absolute atomic E-state index is 14.0. The molecular formula is C23H19F2N3O2. The number of rotatable bonds is 3. The number of nitrogens with one attached hydrogen (secondary N) is 1. The first kappa shape index (κ1) is 18.6. The first-order chi connectivity index (χ1) is 14.6. The minimum Gasteiger partial charge on any atom is -0.503 e. The summed E-state index contributed by atoms with van der Waals surface area (Å²) in [6, 6.07) is 12.2. The highest BCUT2D eigenvalue weighted by atomic mass is 19.1.